The largest absolute Gasteiger partial charge is 0.392 e. The number of carbonyl (C=O) groups is 1. The maximum atomic E-state index is 12.2. The molecule has 0 aromatic carbocycles. The molecule has 2 rings (SSSR count). The summed E-state index contributed by atoms with van der Waals surface area (Å²) in [6.07, 6.45) is -0.566. The smallest absolute Gasteiger partial charge is 0.271 e. The summed E-state index contributed by atoms with van der Waals surface area (Å²) in [7, 11) is 3.52. The fourth-order valence-electron chi connectivity index (χ4n) is 2.39. The van der Waals surface area contributed by atoms with Crippen LogP contribution in [-0.2, 0) is 7.05 Å². The molecule has 0 spiro atoms. The highest BCUT2D eigenvalue weighted by atomic mass is 16.3. The Morgan fingerprint density at radius 1 is 1.52 bits per heavy atom. The number of amides is 1. The lowest BCUT2D eigenvalue weighted by Crippen LogP contribution is -2.33. The lowest BCUT2D eigenvalue weighted by Gasteiger charge is -2.17. The van der Waals surface area contributed by atoms with E-state index in [4.69, 9.17) is 0 Å². The molecule has 2 N–H and O–H groups in total. The first-order valence-electron chi connectivity index (χ1n) is 6.80. The van der Waals surface area contributed by atoms with Crippen molar-refractivity contribution in [1.82, 2.24) is 24.9 Å². The summed E-state index contributed by atoms with van der Waals surface area (Å²) in [5.74, 6) is -0.200. The van der Waals surface area contributed by atoms with Crippen molar-refractivity contribution in [3.05, 3.63) is 23.1 Å². The minimum Gasteiger partial charge on any atom is -0.392 e. The maximum absolute atomic E-state index is 12.2. The van der Waals surface area contributed by atoms with E-state index < -0.39 is 6.10 Å². The van der Waals surface area contributed by atoms with Crippen molar-refractivity contribution < 1.29 is 9.90 Å². The van der Waals surface area contributed by atoms with Crippen LogP contribution in [0.4, 0.5) is 0 Å². The number of H-pyrrole nitrogens is 1. The number of rotatable bonds is 4. The summed E-state index contributed by atoms with van der Waals surface area (Å²) in [6, 6.07) is 1.72. The van der Waals surface area contributed by atoms with E-state index in [1.807, 2.05) is 20.9 Å². The van der Waals surface area contributed by atoms with Crippen molar-refractivity contribution in [2.75, 3.05) is 13.6 Å². The van der Waals surface area contributed by atoms with E-state index in [0.717, 1.165) is 17.0 Å². The molecule has 0 aliphatic carbocycles. The topological polar surface area (TPSA) is 87.0 Å². The Kier molecular flexibility index (Phi) is 4.13. The second kappa shape index (κ2) is 5.69. The number of nitrogens with one attached hydrogen (secondary N) is 1. The lowest BCUT2D eigenvalue weighted by atomic mass is 10.1. The molecule has 0 saturated carbocycles. The van der Waals surface area contributed by atoms with Crippen LogP contribution in [0.25, 0.3) is 11.3 Å². The minimum atomic E-state index is -0.566. The van der Waals surface area contributed by atoms with Gasteiger partial charge in [-0.2, -0.15) is 10.2 Å². The van der Waals surface area contributed by atoms with Crippen LogP contribution in [-0.4, -0.2) is 55.6 Å². The molecule has 2 heterocycles. The quantitative estimate of drug-likeness (QED) is 0.875. The van der Waals surface area contributed by atoms with Gasteiger partial charge in [0.25, 0.3) is 5.91 Å². The van der Waals surface area contributed by atoms with Crippen LogP contribution in [0, 0.1) is 13.8 Å². The number of carbonyl (C=O) groups excluding carboxylic acids is 1. The van der Waals surface area contributed by atoms with E-state index in [1.165, 1.54) is 4.90 Å². The fraction of sp³-hybridized carbons (Fsp3) is 0.500. The van der Waals surface area contributed by atoms with Gasteiger partial charge >= 0.3 is 0 Å². The Bertz CT molecular complexity index is 656. The van der Waals surface area contributed by atoms with E-state index in [-0.39, 0.29) is 12.5 Å². The molecule has 0 bridgehead atoms. The van der Waals surface area contributed by atoms with Crippen molar-refractivity contribution in [3.63, 3.8) is 0 Å². The van der Waals surface area contributed by atoms with Crippen molar-refractivity contribution >= 4 is 5.91 Å². The van der Waals surface area contributed by atoms with Gasteiger partial charge in [0.05, 0.1) is 17.5 Å². The van der Waals surface area contributed by atoms with Gasteiger partial charge in [0.2, 0.25) is 0 Å². The van der Waals surface area contributed by atoms with Gasteiger partial charge in [-0.1, -0.05) is 0 Å². The molecule has 2 aromatic rings. The maximum Gasteiger partial charge on any atom is 0.271 e. The third-order valence-corrected chi connectivity index (χ3v) is 3.46. The van der Waals surface area contributed by atoms with Crippen LogP contribution < -0.4 is 0 Å². The molecule has 0 fully saturated rings. The molecule has 0 radical (unpaired) electrons. The molecule has 0 aliphatic heterocycles. The molecule has 0 saturated heterocycles. The summed E-state index contributed by atoms with van der Waals surface area (Å²) in [5, 5.41) is 20.7. The molecule has 1 amide bonds. The second-order valence-corrected chi connectivity index (χ2v) is 5.37. The number of aromatic nitrogens is 4. The predicted molar refractivity (Wildman–Crippen MR) is 78.9 cm³/mol. The van der Waals surface area contributed by atoms with Crippen LogP contribution in [0.15, 0.2) is 6.07 Å². The first kappa shape index (κ1) is 15.2. The van der Waals surface area contributed by atoms with Crippen LogP contribution in [0.2, 0.25) is 0 Å². The molecule has 21 heavy (non-hydrogen) atoms. The van der Waals surface area contributed by atoms with Gasteiger partial charge in [0.15, 0.2) is 0 Å². The van der Waals surface area contributed by atoms with E-state index in [2.05, 4.69) is 15.3 Å². The second-order valence-electron chi connectivity index (χ2n) is 5.37. The number of aryl methyl sites for hydroxylation is 2. The number of hydrogen-bond acceptors (Lipinski definition) is 4. The fourth-order valence-corrected chi connectivity index (χ4v) is 2.39. The highest BCUT2D eigenvalue weighted by molar-refractivity contribution is 5.93. The summed E-state index contributed by atoms with van der Waals surface area (Å²) < 4.78 is 1.79. The standard InChI is InChI=1S/C14H21N5O2/c1-8(20)7-18(4)14(21)12-6-11(15-16-12)13-9(2)17-19(5)10(13)3/h6,8,20H,7H2,1-5H3,(H,15,16). The predicted octanol–water partition coefficient (Wildman–Crippen LogP) is 0.880. The van der Waals surface area contributed by atoms with Gasteiger partial charge in [-0.25, -0.2) is 0 Å². The number of hydrogen-bond donors (Lipinski definition) is 2. The summed E-state index contributed by atoms with van der Waals surface area (Å²) in [5.41, 5.74) is 3.90. The molecular formula is C14H21N5O2. The van der Waals surface area contributed by atoms with Gasteiger partial charge < -0.3 is 10.0 Å². The van der Waals surface area contributed by atoms with Crippen molar-refractivity contribution in [2.45, 2.75) is 26.9 Å². The monoisotopic (exact) mass is 291 g/mol. The van der Waals surface area contributed by atoms with Crippen molar-refractivity contribution in [2.24, 2.45) is 7.05 Å². The highest BCUT2D eigenvalue weighted by Gasteiger charge is 2.19. The van der Waals surface area contributed by atoms with Crippen molar-refractivity contribution in [3.8, 4) is 11.3 Å². The average molecular weight is 291 g/mol. The molecule has 114 valence electrons. The Labute approximate surface area is 123 Å². The normalized spacial score (nSPS) is 12.5. The van der Waals surface area contributed by atoms with E-state index >= 15 is 0 Å². The SMILES string of the molecule is Cc1nn(C)c(C)c1-c1cc(C(=O)N(C)CC(C)O)[nH]n1. The number of aliphatic hydroxyl groups excluding tert-OH is 1. The molecule has 1 unspecified atom stereocenters. The van der Waals surface area contributed by atoms with Crippen LogP contribution >= 0.6 is 0 Å². The molecular weight excluding hydrogens is 270 g/mol. The molecule has 0 aliphatic rings. The highest BCUT2D eigenvalue weighted by Crippen LogP contribution is 2.25. The zero-order chi connectivity index (χ0) is 15.7. The van der Waals surface area contributed by atoms with E-state index in [9.17, 15) is 9.90 Å². The number of nitrogens with zero attached hydrogens (tertiary/aromatic N) is 4. The number of likely N-dealkylation sites (N-methyl/N-ethyl adjacent to an activating group) is 1. The van der Waals surface area contributed by atoms with Gasteiger partial charge in [-0.3, -0.25) is 14.6 Å². The Balaban J connectivity index is 2.28. The van der Waals surface area contributed by atoms with Crippen LogP contribution in [0.5, 0.6) is 0 Å². The average Bonchev–Trinajstić information content (AvgIpc) is 2.94. The molecule has 1 atom stereocenters. The molecule has 7 nitrogen and oxygen atoms in total. The Hall–Kier alpha value is -2.15. The minimum absolute atomic E-state index is 0.200. The number of aliphatic hydroxyl groups is 1. The molecule has 2 aromatic heterocycles. The first-order valence-corrected chi connectivity index (χ1v) is 6.80. The summed E-state index contributed by atoms with van der Waals surface area (Å²) in [6.45, 7) is 5.80. The zero-order valence-corrected chi connectivity index (χ0v) is 13.0. The third-order valence-electron chi connectivity index (χ3n) is 3.46. The first-order chi connectivity index (χ1) is 9.81. The summed E-state index contributed by atoms with van der Waals surface area (Å²) in [4.78, 5) is 13.7. The molecule has 7 heteroatoms. The lowest BCUT2D eigenvalue weighted by molar-refractivity contribution is 0.0698. The Morgan fingerprint density at radius 3 is 2.71 bits per heavy atom. The van der Waals surface area contributed by atoms with Crippen LogP contribution in [0.3, 0.4) is 0 Å². The zero-order valence-electron chi connectivity index (χ0n) is 13.0. The van der Waals surface area contributed by atoms with Crippen molar-refractivity contribution in [1.29, 1.82) is 0 Å². The van der Waals surface area contributed by atoms with Crippen LogP contribution in [0.1, 0.15) is 28.8 Å². The van der Waals surface area contributed by atoms with Gasteiger partial charge in [-0.05, 0) is 26.8 Å². The summed E-state index contributed by atoms with van der Waals surface area (Å²) >= 11 is 0. The Morgan fingerprint density at radius 2 is 2.19 bits per heavy atom. The van der Waals surface area contributed by atoms with Gasteiger partial charge in [-0.15, -0.1) is 0 Å². The number of aromatic amines is 1. The van der Waals surface area contributed by atoms with Gasteiger partial charge in [0.1, 0.15) is 5.69 Å². The van der Waals surface area contributed by atoms with Gasteiger partial charge in [0, 0.05) is 31.9 Å². The van der Waals surface area contributed by atoms with E-state index in [0.29, 0.717) is 11.4 Å². The third kappa shape index (κ3) is 2.97. The van der Waals surface area contributed by atoms with E-state index in [1.54, 1.807) is 24.7 Å².